The first-order valence-corrected chi connectivity index (χ1v) is 5.36. The molecular weight excluding hydrogens is 196 g/mol. The van der Waals surface area contributed by atoms with Gasteiger partial charge in [0, 0.05) is 26.1 Å². The second-order valence-corrected chi connectivity index (χ2v) is 4.58. The lowest BCUT2D eigenvalue weighted by molar-refractivity contribution is -0.119. The van der Waals surface area contributed by atoms with Crippen LogP contribution in [0.15, 0.2) is 0 Å². The highest BCUT2D eigenvalue weighted by atomic mass is 16.4. The van der Waals surface area contributed by atoms with Gasteiger partial charge in [0.2, 0.25) is 5.91 Å². The average molecular weight is 212 g/mol. The van der Waals surface area contributed by atoms with Crippen LogP contribution in [0.3, 0.4) is 0 Å². The minimum Gasteiger partial charge on any atom is -0.465 e. The summed E-state index contributed by atoms with van der Waals surface area (Å²) in [6, 6.07) is 0. The normalized spacial score (nSPS) is 31.5. The lowest BCUT2D eigenvalue weighted by Gasteiger charge is -2.24. The Morgan fingerprint density at radius 3 is 2.80 bits per heavy atom. The molecule has 5 heteroatoms. The van der Waals surface area contributed by atoms with E-state index in [1.165, 1.54) is 4.90 Å². The molecule has 0 aliphatic carbocycles. The predicted molar refractivity (Wildman–Crippen MR) is 53.5 cm³/mol. The van der Waals surface area contributed by atoms with Crippen LogP contribution in [0.2, 0.25) is 0 Å². The first-order valence-electron chi connectivity index (χ1n) is 5.36. The molecule has 2 heterocycles. The van der Waals surface area contributed by atoms with Crippen molar-refractivity contribution in [1.82, 2.24) is 10.2 Å². The smallest absolute Gasteiger partial charge is 0.407 e. The van der Waals surface area contributed by atoms with Crippen LogP contribution >= 0.6 is 0 Å². The number of amides is 2. The molecule has 0 saturated carbocycles. The first-order chi connectivity index (χ1) is 7.11. The van der Waals surface area contributed by atoms with Crippen LogP contribution in [0.5, 0.6) is 0 Å². The summed E-state index contributed by atoms with van der Waals surface area (Å²) in [5.74, 6) is 0.110. The van der Waals surface area contributed by atoms with E-state index in [4.69, 9.17) is 5.11 Å². The van der Waals surface area contributed by atoms with Crippen LogP contribution in [0.4, 0.5) is 4.79 Å². The minimum atomic E-state index is -0.843. The van der Waals surface area contributed by atoms with Crippen molar-refractivity contribution < 1.29 is 14.7 Å². The standard InChI is InChI=1S/C10H16N2O3/c13-8-6-10(7-11-8)2-1-4-12(5-3-10)9(14)15/h1-7H2,(H,11,13)(H,14,15). The van der Waals surface area contributed by atoms with Crippen LogP contribution < -0.4 is 5.32 Å². The molecule has 2 aliphatic rings. The predicted octanol–water partition coefficient (Wildman–Crippen LogP) is 0.657. The molecule has 2 N–H and O–H groups in total. The summed E-state index contributed by atoms with van der Waals surface area (Å²) in [5, 5.41) is 11.7. The molecule has 1 atom stereocenters. The fraction of sp³-hybridized carbons (Fsp3) is 0.800. The molecule has 84 valence electrons. The molecule has 15 heavy (non-hydrogen) atoms. The van der Waals surface area contributed by atoms with Crippen molar-refractivity contribution in [2.24, 2.45) is 5.41 Å². The van der Waals surface area contributed by atoms with Gasteiger partial charge in [-0.05, 0) is 24.7 Å². The van der Waals surface area contributed by atoms with Crippen LogP contribution in [0.1, 0.15) is 25.7 Å². The number of carboxylic acid groups (broad SMARTS) is 1. The maximum absolute atomic E-state index is 11.2. The van der Waals surface area contributed by atoms with Crippen LogP contribution in [-0.2, 0) is 4.79 Å². The molecule has 0 aromatic carbocycles. The fourth-order valence-corrected chi connectivity index (χ4v) is 2.55. The zero-order chi connectivity index (χ0) is 10.9. The number of nitrogens with zero attached hydrogens (tertiary/aromatic N) is 1. The minimum absolute atomic E-state index is 0.0291. The van der Waals surface area contributed by atoms with Crippen molar-refractivity contribution in [3.63, 3.8) is 0 Å². The van der Waals surface area contributed by atoms with Gasteiger partial charge in [-0.1, -0.05) is 0 Å². The summed E-state index contributed by atoms with van der Waals surface area (Å²) in [5.41, 5.74) is 0.0291. The van der Waals surface area contributed by atoms with E-state index < -0.39 is 6.09 Å². The molecule has 2 fully saturated rings. The van der Waals surface area contributed by atoms with E-state index in [1.54, 1.807) is 0 Å². The zero-order valence-corrected chi connectivity index (χ0v) is 8.66. The van der Waals surface area contributed by atoms with E-state index in [1.807, 2.05) is 0 Å². The van der Waals surface area contributed by atoms with E-state index in [2.05, 4.69) is 5.32 Å². The van der Waals surface area contributed by atoms with Gasteiger partial charge in [-0.15, -0.1) is 0 Å². The summed E-state index contributed by atoms with van der Waals surface area (Å²) >= 11 is 0. The third-order valence-electron chi connectivity index (χ3n) is 3.51. The Hall–Kier alpha value is -1.26. The number of rotatable bonds is 0. The molecule has 2 saturated heterocycles. The molecule has 5 nitrogen and oxygen atoms in total. The second kappa shape index (κ2) is 3.72. The van der Waals surface area contributed by atoms with Gasteiger partial charge in [0.1, 0.15) is 0 Å². The van der Waals surface area contributed by atoms with Crippen molar-refractivity contribution in [3.8, 4) is 0 Å². The van der Waals surface area contributed by atoms with Crippen molar-refractivity contribution in [3.05, 3.63) is 0 Å². The van der Waals surface area contributed by atoms with Gasteiger partial charge in [-0.2, -0.15) is 0 Å². The fourth-order valence-electron chi connectivity index (χ4n) is 2.55. The quantitative estimate of drug-likeness (QED) is 0.619. The van der Waals surface area contributed by atoms with E-state index >= 15 is 0 Å². The Morgan fingerprint density at radius 1 is 1.40 bits per heavy atom. The van der Waals surface area contributed by atoms with Gasteiger partial charge in [-0.25, -0.2) is 4.79 Å². The van der Waals surface area contributed by atoms with Crippen molar-refractivity contribution in [1.29, 1.82) is 0 Å². The van der Waals surface area contributed by atoms with E-state index in [0.29, 0.717) is 19.5 Å². The Bertz CT molecular complexity index is 292. The van der Waals surface area contributed by atoms with Crippen molar-refractivity contribution in [2.75, 3.05) is 19.6 Å². The number of hydrogen-bond donors (Lipinski definition) is 2. The molecule has 0 aromatic rings. The lowest BCUT2D eigenvalue weighted by Crippen LogP contribution is -2.31. The van der Waals surface area contributed by atoms with Gasteiger partial charge in [0.05, 0.1) is 0 Å². The lowest BCUT2D eigenvalue weighted by atomic mass is 9.80. The van der Waals surface area contributed by atoms with Gasteiger partial charge < -0.3 is 15.3 Å². The highest BCUT2D eigenvalue weighted by molar-refractivity contribution is 5.79. The number of carbonyl (C=O) groups excluding carboxylic acids is 1. The Morgan fingerprint density at radius 2 is 2.20 bits per heavy atom. The molecule has 0 radical (unpaired) electrons. The maximum atomic E-state index is 11.2. The molecule has 2 aliphatic heterocycles. The largest absolute Gasteiger partial charge is 0.465 e. The Kier molecular flexibility index (Phi) is 2.54. The molecule has 0 aromatic heterocycles. The molecule has 0 bridgehead atoms. The Balaban J connectivity index is 2.01. The SMILES string of the molecule is O=C1CC2(CCCN(C(=O)O)CC2)CN1. The van der Waals surface area contributed by atoms with Gasteiger partial charge >= 0.3 is 6.09 Å². The van der Waals surface area contributed by atoms with Crippen LogP contribution in [-0.4, -0.2) is 41.6 Å². The molecule has 2 rings (SSSR count). The topological polar surface area (TPSA) is 69.6 Å². The third kappa shape index (κ3) is 2.06. The summed E-state index contributed by atoms with van der Waals surface area (Å²) in [7, 11) is 0. The average Bonchev–Trinajstić information content (AvgIpc) is 2.43. The highest BCUT2D eigenvalue weighted by Gasteiger charge is 2.39. The second-order valence-electron chi connectivity index (χ2n) is 4.58. The summed E-state index contributed by atoms with van der Waals surface area (Å²) in [6.45, 7) is 1.88. The molecular formula is C10H16N2O3. The van der Waals surface area contributed by atoms with Gasteiger partial charge in [-0.3, -0.25) is 4.79 Å². The van der Waals surface area contributed by atoms with Crippen LogP contribution in [0, 0.1) is 5.41 Å². The number of likely N-dealkylation sites (tertiary alicyclic amines) is 1. The summed E-state index contributed by atoms with van der Waals surface area (Å²) in [6.07, 6.45) is 2.35. The molecule has 1 spiro atoms. The van der Waals surface area contributed by atoms with Crippen LogP contribution in [0.25, 0.3) is 0 Å². The van der Waals surface area contributed by atoms with E-state index in [-0.39, 0.29) is 11.3 Å². The molecule has 1 unspecified atom stereocenters. The monoisotopic (exact) mass is 212 g/mol. The summed E-state index contributed by atoms with van der Waals surface area (Å²) < 4.78 is 0. The zero-order valence-electron chi connectivity index (χ0n) is 8.66. The van der Waals surface area contributed by atoms with Crippen molar-refractivity contribution in [2.45, 2.75) is 25.7 Å². The number of carbonyl (C=O) groups is 2. The number of nitrogens with one attached hydrogen (secondary N) is 1. The van der Waals surface area contributed by atoms with E-state index in [9.17, 15) is 9.59 Å². The highest BCUT2D eigenvalue weighted by Crippen LogP contribution is 2.37. The molecule has 2 amide bonds. The Labute approximate surface area is 88.4 Å². The first kappa shape index (κ1) is 10.3. The van der Waals surface area contributed by atoms with Crippen molar-refractivity contribution >= 4 is 12.0 Å². The maximum Gasteiger partial charge on any atom is 0.407 e. The van der Waals surface area contributed by atoms with Gasteiger partial charge in [0.15, 0.2) is 0 Å². The number of hydrogen-bond acceptors (Lipinski definition) is 2. The van der Waals surface area contributed by atoms with Gasteiger partial charge in [0.25, 0.3) is 0 Å². The van der Waals surface area contributed by atoms with E-state index in [0.717, 1.165) is 25.8 Å². The third-order valence-corrected chi connectivity index (χ3v) is 3.51. The summed E-state index contributed by atoms with van der Waals surface area (Å²) in [4.78, 5) is 23.5.